The van der Waals surface area contributed by atoms with Crippen LogP contribution in [0.15, 0.2) is 24.3 Å². The molecule has 0 spiro atoms. The molecule has 1 aromatic carbocycles. The second-order valence-electron chi connectivity index (χ2n) is 5.43. The van der Waals surface area contributed by atoms with E-state index in [2.05, 4.69) is 9.64 Å². The molecule has 1 aliphatic rings. The van der Waals surface area contributed by atoms with Gasteiger partial charge in [-0.15, -0.1) is 0 Å². The summed E-state index contributed by atoms with van der Waals surface area (Å²) in [5.74, 6) is -1.37. The van der Waals surface area contributed by atoms with Crippen molar-refractivity contribution in [2.45, 2.75) is 13.5 Å². The third kappa shape index (κ3) is 6.52. The zero-order chi connectivity index (χ0) is 18.1. The van der Waals surface area contributed by atoms with Crippen LogP contribution in [0.25, 0.3) is 0 Å². The van der Waals surface area contributed by atoms with Gasteiger partial charge >= 0.3 is 12.1 Å². The molecule has 0 atom stereocenters. The SMILES string of the molecule is CCOC(=O)NC(=O)COC(=O)c1ccc(CN2CCOCC2)cc1. The molecular weight excluding hydrogens is 328 g/mol. The second kappa shape index (κ2) is 9.75. The molecule has 1 saturated heterocycles. The van der Waals surface area contributed by atoms with Crippen LogP contribution in [0.4, 0.5) is 4.79 Å². The van der Waals surface area contributed by atoms with Gasteiger partial charge < -0.3 is 14.2 Å². The lowest BCUT2D eigenvalue weighted by molar-refractivity contribution is -0.123. The first kappa shape index (κ1) is 18.9. The Balaban J connectivity index is 1.77. The summed E-state index contributed by atoms with van der Waals surface area (Å²) >= 11 is 0. The summed E-state index contributed by atoms with van der Waals surface area (Å²) in [7, 11) is 0. The van der Waals surface area contributed by atoms with Crippen LogP contribution in [0.5, 0.6) is 0 Å². The molecule has 1 N–H and O–H groups in total. The van der Waals surface area contributed by atoms with Crippen LogP contribution in [0, 0.1) is 0 Å². The van der Waals surface area contributed by atoms with Crippen molar-refractivity contribution in [3.63, 3.8) is 0 Å². The van der Waals surface area contributed by atoms with Crippen LogP contribution in [0.2, 0.25) is 0 Å². The van der Waals surface area contributed by atoms with E-state index < -0.39 is 24.6 Å². The van der Waals surface area contributed by atoms with Gasteiger partial charge in [0.25, 0.3) is 5.91 Å². The molecule has 8 nitrogen and oxygen atoms in total. The van der Waals surface area contributed by atoms with E-state index in [1.807, 2.05) is 17.4 Å². The zero-order valence-electron chi connectivity index (χ0n) is 14.2. The zero-order valence-corrected chi connectivity index (χ0v) is 14.2. The molecule has 25 heavy (non-hydrogen) atoms. The Morgan fingerprint density at radius 2 is 1.80 bits per heavy atom. The molecule has 136 valence electrons. The van der Waals surface area contributed by atoms with Gasteiger partial charge in [0, 0.05) is 19.6 Å². The van der Waals surface area contributed by atoms with Crippen LogP contribution in [0.3, 0.4) is 0 Å². The Morgan fingerprint density at radius 3 is 2.44 bits per heavy atom. The van der Waals surface area contributed by atoms with Crippen LogP contribution < -0.4 is 5.32 Å². The van der Waals surface area contributed by atoms with E-state index in [-0.39, 0.29) is 6.61 Å². The summed E-state index contributed by atoms with van der Waals surface area (Å²) < 4.78 is 14.7. The molecule has 0 saturated carbocycles. The van der Waals surface area contributed by atoms with Crippen molar-refractivity contribution in [3.05, 3.63) is 35.4 Å². The summed E-state index contributed by atoms with van der Waals surface area (Å²) in [6, 6.07) is 7.01. The first-order valence-electron chi connectivity index (χ1n) is 8.11. The van der Waals surface area contributed by atoms with Crippen molar-refractivity contribution in [2.24, 2.45) is 0 Å². The monoisotopic (exact) mass is 350 g/mol. The number of amides is 2. The van der Waals surface area contributed by atoms with Gasteiger partial charge in [-0.2, -0.15) is 0 Å². The van der Waals surface area contributed by atoms with E-state index in [9.17, 15) is 14.4 Å². The number of imide groups is 1. The molecule has 0 bridgehead atoms. The van der Waals surface area contributed by atoms with E-state index in [0.717, 1.165) is 38.4 Å². The number of benzene rings is 1. The number of carbonyl (C=O) groups is 3. The maximum Gasteiger partial charge on any atom is 0.413 e. The average molecular weight is 350 g/mol. The van der Waals surface area contributed by atoms with Gasteiger partial charge in [-0.1, -0.05) is 12.1 Å². The van der Waals surface area contributed by atoms with E-state index in [1.165, 1.54) is 0 Å². The largest absolute Gasteiger partial charge is 0.452 e. The summed E-state index contributed by atoms with van der Waals surface area (Å²) in [6.45, 7) is 5.26. The molecule has 0 aromatic heterocycles. The standard InChI is InChI=1S/C17H22N2O6/c1-2-24-17(22)18-15(20)12-25-16(21)14-5-3-13(4-6-14)11-19-7-9-23-10-8-19/h3-6H,2,7-12H2,1H3,(H,18,20,22). The second-order valence-corrected chi connectivity index (χ2v) is 5.43. The highest BCUT2D eigenvalue weighted by Crippen LogP contribution is 2.10. The first-order valence-corrected chi connectivity index (χ1v) is 8.11. The number of rotatable bonds is 6. The smallest absolute Gasteiger partial charge is 0.413 e. The maximum absolute atomic E-state index is 11.9. The van der Waals surface area contributed by atoms with Gasteiger partial charge in [-0.05, 0) is 24.6 Å². The van der Waals surface area contributed by atoms with Crippen LogP contribution in [-0.4, -0.2) is 62.4 Å². The normalized spacial score (nSPS) is 14.6. The van der Waals surface area contributed by atoms with Crippen LogP contribution >= 0.6 is 0 Å². The van der Waals surface area contributed by atoms with Crippen molar-refractivity contribution in [1.29, 1.82) is 0 Å². The summed E-state index contributed by atoms with van der Waals surface area (Å²) in [6.07, 6.45) is -0.865. The number of nitrogens with one attached hydrogen (secondary N) is 1. The van der Waals surface area contributed by atoms with Crippen LogP contribution in [0.1, 0.15) is 22.8 Å². The minimum Gasteiger partial charge on any atom is -0.452 e. The first-order chi connectivity index (χ1) is 12.1. The molecule has 0 radical (unpaired) electrons. The molecule has 1 fully saturated rings. The molecule has 8 heteroatoms. The van der Waals surface area contributed by atoms with Gasteiger partial charge in [0.15, 0.2) is 6.61 Å². The van der Waals surface area contributed by atoms with E-state index >= 15 is 0 Å². The number of carbonyl (C=O) groups excluding carboxylic acids is 3. The quantitative estimate of drug-likeness (QED) is 0.763. The van der Waals surface area contributed by atoms with Crippen molar-refractivity contribution in [3.8, 4) is 0 Å². The molecular formula is C17H22N2O6. The lowest BCUT2D eigenvalue weighted by atomic mass is 10.1. The lowest BCUT2D eigenvalue weighted by Gasteiger charge is -2.26. The van der Waals surface area contributed by atoms with E-state index in [0.29, 0.717) is 5.56 Å². The van der Waals surface area contributed by atoms with E-state index in [4.69, 9.17) is 9.47 Å². The Hall–Kier alpha value is -2.45. The molecule has 1 heterocycles. The Kier molecular flexibility index (Phi) is 7.36. The molecule has 2 rings (SSSR count). The van der Waals surface area contributed by atoms with Gasteiger partial charge in [0.2, 0.25) is 0 Å². The fourth-order valence-electron chi connectivity index (χ4n) is 2.30. The van der Waals surface area contributed by atoms with Gasteiger partial charge in [-0.3, -0.25) is 15.0 Å². The fraction of sp³-hybridized carbons (Fsp3) is 0.471. The number of hydrogen-bond donors (Lipinski definition) is 1. The van der Waals surface area contributed by atoms with Crippen molar-refractivity contribution in [1.82, 2.24) is 10.2 Å². The number of hydrogen-bond acceptors (Lipinski definition) is 7. The topological polar surface area (TPSA) is 94.2 Å². The highest BCUT2D eigenvalue weighted by molar-refractivity contribution is 5.95. The van der Waals surface area contributed by atoms with Crippen molar-refractivity contribution >= 4 is 18.0 Å². The highest BCUT2D eigenvalue weighted by Gasteiger charge is 2.14. The molecule has 0 aliphatic carbocycles. The van der Waals surface area contributed by atoms with Crippen molar-refractivity contribution < 1.29 is 28.6 Å². The third-order valence-corrected chi connectivity index (χ3v) is 3.55. The Morgan fingerprint density at radius 1 is 1.12 bits per heavy atom. The minimum atomic E-state index is -0.865. The van der Waals surface area contributed by atoms with Gasteiger partial charge in [-0.25, -0.2) is 9.59 Å². The third-order valence-electron chi connectivity index (χ3n) is 3.55. The van der Waals surface area contributed by atoms with Gasteiger partial charge in [0.1, 0.15) is 0 Å². The lowest BCUT2D eigenvalue weighted by Crippen LogP contribution is -2.35. The number of nitrogens with zero attached hydrogens (tertiary/aromatic N) is 1. The average Bonchev–Trinajstić information content (AvgIpc) is 2.61. The number of esters is 1. The van der Waals surface area contributed by atoms with Crippen LogP contribution in [-0.2, 0) is 25.5 Å². The fourth-order valence-corrected chi connectivity index (χ4v) is 2.30. The maximum atomic E-state index is 11.9. The minimum absolute atomic E-state index is 0.149. The molecule has 1 aromatic rings. The number of alkyl carbamates (subject to hydrolysis) is 1. The summed E-state index contributed by atoms with van der Waals surface area (Å²) in [4.78, 5) is 36.7. The number of morpholine rings is 1. The summed E-state index contributed by atoms with van der Waals surface area (Å²) in [5.41, 5.74) is 1.42. The van der Waals surface area contributed by atoms with E-state index in [1.54, 1.807) is 19.1 Å². The highest BCUT2D eigenvalue weighted by atomic mass is 16.6. The Labute approximate surface area is 146 Å². The number of ether oxygens (including phenoxy) is 3. The summed E-state index contributed by atoms with van der Waals surface area (Å²) in [5, 5.41) is 1.95. The molecule has 0 unspecified atom stereocenters. The van der Waals surface area contributed by atoms with Gasteiger partial charge in [0.05, 0.1) is 25.4 Å². The predicted octanol–water partition coefficient (Wildman–Crippen LogP) is 0.948. The molecule has 2 amide bonds. The Bertz CT molecular complexity index is 596. The predicted molar refractivity (Wildman–Crippen MR) is 88.0 cm³/mol. The van der Waals surface area contributed by atoms with Crippen molar-refractivity contribution in [2.75, 3.05) is 39.5 Å². The molecule has 1 aliphatic heterocycles.